The summed E-state index contributed by atoms with van der Waals surface area (Å²) >= 11 is 6.06. The van der Waals surface area contributed by atoms with Crippen molar-refractivity contribution in [2.75, 3.05) is 13.7 Å². The molecule has 6 rings (SSSR count). The third kappa shape index (κ3) is 5.64. The summed E-state index contributed by atoms with van der Waals surface area (Å²) in [6, 6.07) is 14.4. The van der Waals surface area contributed by atoms with E-state index in [-0.39, 0.29) is 12.2 Å². The Morgan fingerprint density at radius 2 is 1.95 bits per heavy atom. The van der Waals surface area contributed by atoms with Crippen LogP contribution in [0.1, 0.15) is 44.1 Å². The van der Waals surface area contributed by atoms with Crippen molar-refractivity contribution >= 4 is 61.8 Å². The van der Waals surface area contributed by atoms with Gasteiger partial charge in [0, 0.05) is 24.0 Å². The predicted molar refractivity (Wildman–Crippen MR) is 173 cm³/mol. The smallest absolute Gasteiger partial charge is 0.338 e. The molecule has 4 heterocycles. The Morgan fingerprint density at radius 3 is 2.70 bits per heavy atom. The van der Waals surface area contributed by atoms with Gasteiger partial charge in [0.05, 0.1) is 34.0 Å². The van der Waals surface area contributed by atoms with E-state index in [1.807, 2.05) is 43.3 Å². The van der Waals surface area contributed by atoms with Crippen molar-refractivity contribution in [1.82, 2.24) is 14.5 Å². The molecule has 5 aromatic rings. The molecule has 0 fully saturated rings. The molecule has 0 saturated heterocycles. The topological polar surface area (TPSA) is 109 Å². The van der Waals surface area contributed by atoms with Crippen LogP contribution in [0.25, 0.3) is 16.8 Å². The quantitative estimate of drug-likeness (QED) is 0.136. The van der Waals surface area contributed by atoms with Gasteiger partial charge in [-0.25, -0.2) is 19.8 Å². The van der Waals surface area contributed by atoms with Crippen LogP contribution in [-0.2, 0) is 9.53 Å². The molecule has 12 heteroatoms. The molecule has 9 nitrogen and oxygen atoms in total. The number of nitrogens with zero attached hydrogens (tertiary/aromatic N) is 4. The van der Waals surface area contributed by atoms with Gasteiger partial charge in [0.2, 0.25) is 0 Å². The number of esters is 1. The number of hydrogen-bond acceptors (Lipinski definition) is 10. The van der Waals surface area contributed by atoms with Gasteiger partial charge in [0.1, 0.15) is 17.6 Å². The van der Waals surface area contributed by atoms with Gasteiger partial charge in [-0.15, -0.1) is 0 Å². The summed E-state index contributed by atoms with van der Waals surface area (Å²) in [4.78, 5) is 41.8. The Hall–Kier alpha value is -4.00. The molecule has 0 amide bonds. The van der Waals surface area contributed by atoms with Gasteiger partial charge in [0.25, 0.3) is 5.56 Å². The molecular formula is C32H27BrN4O5S2. The molecule has 0 N–H and O–H groups in total. The van der Waals surface area contributed by atoms with Gasteiger partial charge in [0.15, 0.2) is 15.1 Å². The number of furan rings is 1. The SMILES string of the molecule is CCCC1=C(C(=O)OCC)[C@@H](c2c(OC)ccc3ccccc23)n2c(s/c(=C/c3cc(Br)c(Sc4ncccn4)o3)c2=O)=N1. The van der Waals surface area contributed by atoms with E-state index in [1.54, 1.807) is 49.2 Å². The zero-order chi connectivity index (χ0) is 30.8. The number of carbonyl (C=O) groups is 1. The number of halogens is 1. The van der Waals surface area contributed by atoms with Crippen LogP contribution in [0, 0.1) is 0 Å². The lowest BCUT2D eigenvalue weighted by Gasteiger charge is -2.28. The lowest BCUT2D eigenvalue weighted by atomic mass is 9.90. The van der Waals surface area contributed by atoms with Crippen LogP contribution in [0.3, 0.4) is 0 Å². The zero-order valence-corrected chi connectivity index (χ0v) is 27.3. The first kappa shape index (κ1) is 30.0. The Labute approximate surface area is 269 Å². The largest absolute Gasteiger partial charge is 0.496 e. The number of ether oxygens (including phenoxy) is 2. The van der Waals surface area contributed by atoms with Crippen molar-refractivity contribution in [3.8, 4) is 5.75 Å². The third-order valence-electron chi connectivity index (χ3n) is 6.99. The van der Waals surface area contributed by atoms with E-state index in [0.29, 0.717) is 58.8 Å². The highest BCUT2D eigenvalue weighted by atomic mass is 79.9. The Morgan fingerprint density at radius 1 is 1.16 bits per heavy atom. The molecular weight excluding hydrogens is 664 g/mol. The average Bonchev–Trinajstić information content (AvgIpc) is 3.53. The van der Waals surface area contributed by atoms with Crippen LogP contribution in [0.15, 0.2) is 101 Å². The standard InChI is InChI=1S/C32H27BrN4O5S2/c1-4-9-22-26(29(39)41-5-2)27(25-20-11-7-6-10-18(20)12-13-23(25)40-3)37-28(38)24(43-32(37)36-22)17-19-16-21(33)30(42-19)44-31-34-14-8-15-35-31/h6-8,10-17,27H,4-5,9H2,1-3H3/b24-17+/t27-/m1/s1. The average molecular weight is 692 g/mol. The highest BCUT2D eigenvalue weighted by molar-refractivity contribution is 9.10. The van der Waals surface area contributed by atoms with Crippen LogP contribution in [0.2, 0.25) is 0 Å². The molecule has 1 aliphatic rings. The lowest BCUT2D eigenvalue weighted by molar-refractivity contribution is -0.139. The van der Waals surface area contributed by atoms with Crippen LogP contribution in [0.5, 0.6) is 5.75 Å². The van der Waals surface area contributed by atoms with Gasteiger partial charge >= 0.3 is 5.97 Å². The van der Waals surface area contributed by atoms with Crippen molar-refractivity contribution in [3.05, 3.63) is 108 Å². The number of methoxy groups -OCH3 is 1. The van der Waals surface area contributed by atoms with Crippen molar-refractivity contribution in [2.45, 2.75) is 43.0 Å². The maximum atomic E-state index is 14.3. The molecule has 1 aliphatic heterocycles. The molecule has 0 aliphatic carbocycles. The molecule has 2 aromatic carbocycles. The van der Waals surface area contributed by atoms with Gasteiger partial charge in [-0.2, -0.15) is 0 Å². The molecule has 1 atom stereocenters. The minimum atomic E-state index is -0.820. The molecule has 3 aromatic heterocycles. The normalized spacial score (nSPS) is 14.9. The fourth-order valence-electron chi connectivity index (χ4n) is 5.19. The summed E-state index contributed by atoms with van der Waals surface area (Å²) in [6.07, 6.45) is 6.30. The molecule has 0 saturated carbocycles. The fourth-order valence-corrected chi connectivity index (χ4v) is 7.43. The second kappa shape index (κ2) is 12.9. The number of rotatable bonds is 9. The minimum absolute atomic E-state index is 0.188. The van der Waals surface area contributed by atoms with Gasteiger partial charge in [-0.3, -0.25) is 9.36 Å². The van der Waals surface area contributed by atoms with Gasteiger partial charge in [-0.1, -0.05) is 55.0 Å². The second-order valence-corrected chi connectivity index (χ2v) is 12.5. The van der Waals surface area contributed by atoms with Gasteiger partial charge < -0.3 is 13.9 Å². The molecule has 0 spiro atoms. The van der Waals surface area contributed by atoms with Crippen molar-refractivity contribution < 1.29 is 18.7 Å². The first-order valence-electron chi connectivity index (χ1n) is 13.9. The number of thiazole rings is 1. The summed E-state index contributed by atoms with van der Waals surface area (Å²) in [5, 5.41) is 2.91. The fraction of sp³-hybridized carbons (Fsp3) is 0.219. The molecule has 0 bridgehead atoms. The highest BCUT2D eigenvalue weighted by Crippen LogP contribution is 2.41. The van der Waals surface area contributed by atoms with E-state index in [9.17, 15) is 9.59 Å². The third-order valence-corrected chi connectivity index (χ3v) is 9.71. The van der Waals surface area contributed by atoms with Crippen molar-refractivity contribution in [3.63, 3.8) is 0 Å². The Bertz CT molecular complexity index is 2090. The number of fused-ring (bicyclic) bond motifs is 2. The number of hydrogen-bond donors (Lipinski definition) is 0. The maximum absolute atomic E-state index is 14.3. The minimum Gasteiger partial charge on any atom is -0.496 e. The van der Waals surface area contributed by atoms with E-state index < -0.39 is 12.0 Å². The number of carbonyl (C=O) groups excluding carboxylic acids is 1. The molecule has 224 valence electrons. The highest BCUT2D eigenvalue weighted by Gasteiger charge is 2.37. The molecule has 44 heavy (non-hydrogen) atoms. The zero-order valence-electron chi connectivity index (χ0n) is 24.1. The summed E-state index contributed by atoms with van der Waals surface area (Å²) in [7, 11) is 1.59. The lowest BCUT2D eigenvalue weighted by Crippen LogP contribution is -2.40. The molecule has 0 radical (unpaired) electrons. The summed E-state index contributed by atoms with van der Waals surface area (Å²) < 4.78 is 20.2. The second-order valence-electron chi connectivity index (χ2n) is 9.73. The molecule has 0 unspecified atom stereocenters. The van der Waals surface area contributed by atoms with Crippen LogP contribution < -0.4 is 19.6 Å². The van der Waals surface area contributed by atoms with E-state index in [2.05, 4.69) is 25.9 Å². The van der Waals surface area contributed by atoms with Crippen LogP contribution >= 0.6 is 39.0 Å². The number of benzene rings is 2. The van der Waals surface area contributed by atoms with Crippen LogP contribution in [-0.4, -0.2) is 34.2 Å². The Balaban J connectivity index is 1.58. The maximum Gasteiger partial charge on any atom is 0.338 e. The van der Waals surface area contributed by atoms with Gasteiger partial charge in [-0.05, 0) is 70.0 Å². The van der Waals surface area contributed by atoms with Crippen molar-refractivity contribution in [1.29, 1.82) is 0 Å². The first-order chi connectivity index (χ1) is 21.4. The number of aromatic nitrogens is 3. The summed E-state index contributed by atoms with van der Waals surface area (Å²) in [5.41, 5.74) is 1.33. The van der Waals surface area contributed by atoms with Crippen LogP contribution in [0.4, 0.5) is 0 Å². The predicted octanol–water partition coefficient (Wildman–Crippen LogP) is 6.04. The number of allylic oxidation sites excluding steroid dienone is 1. The first-order valence-corrected chi connectivity index (χ1v) is 16.4. The monoisotopic (exact) mass is 690 g/mol. The van der Waals surface area contributed by atoms with E-state index in [1.165, 1.54) is 23.1 Å². The van der Waals surface area contributed by atoms with Crippen molar-refractivity contribution in [2.24, 2.45) is 4.99 Å². The summed E-state index contributed by atoms with van der Waals surface area (Å²) in [6.45, 7) is 3.98. The Kier molecular flexibility index (Phi) is 8.83. The van der Waals surface area contributed by atoms with E-state index in [4.69, 9.17) is 18.9 Å². The summed E-state index contributed by atoms with van der Waals surface area (Å²) in [5.74, 6) is 0.523. The van der Waals surface area contributed by atoms with E-state index in [0.717, 1.165) is 17.2 Å². The van der Waals surface area contributed by atoms with E-state index >= 15 is 0 Å².